The van der Waals surface area contributed by atoms with E-state index in [0.29, 0.717) is 5.69 Å². The van der Waals surface area contributed by atoms with Gasteiger partial charge in [-0.15, -0.1) is 0 Å². The number of H-pyrrole nitrogens is 1. The van der Waals surface area contributed by atoms with Crippen molar-refractivity contribution in [2.75, 3.05) is 20.3 Å². The van der Waals surface area contributed by atoms with Gasteiger partial charge < -0.3 is 20.1 Å². The van der Waals surface area contributed by atoms with Gasteiger partial charge in [0, 0.05) is 29.0 Å². The molecular weight excluding hydrogens is 312 g/mol. The molecule has 19 heavy (non-hydrogen) atoms. The maximum Gasteiger partial charge on any atom is 0.267 e. The van der Waals surface area contributed by atoms with E-state index in [0.717, 1.165) is 15.4 Å². The van der Waals surface area contributed by atoms with Crippen molar-refractivity contribution in [1.29, 1.82) is 0 Å². The monoisotopic (exact) mass is 326 g/mol. The number of aromatic nitrogens is 1. The summed E-state index contributed by atoms with van der Waals surface area (Å²) >= 11 is 3.43. The zero-order valence-corrected chi connectivity index (χ0v) is 12.0. The van der Waals surface area contributed by atoms with Gasteiger partial charge in [0.05, 0.1) is 12.7 Å². The van der Waals surface area contributed by atoms with E-state index in [9.17, 15) is 9.90 Å². The molecule has 2 aromatic rings. The molecule has 102 valence electrons. The summed E-state index contributed by atoms with van der Waals surface area (Å²) in [5, 5.41) is 13.1. The number of hydrogen-bond donors (Lipinski definition) is 3. The predicted octanol–water partition coefficient (Wildman–Crippen LogP) is 1.67. The maximum atomic E-state index is 11.9. The standard InChI is InChI=1S/C13H15BrN2O3/c1-19-7-8(17)6-15-13(18)12-5-9-10(14)3-2-4-11(9)16-12/h2-5,8,16-17H,6-7H2,1H3,(H,15,18). The van der Waals surface area contributed by atoms with Crippen LogP contribution in [0.5, 0.6) is 0 Å². The topological polar surface area (TPSA) is 74.3 Å². The molecule has 0 aliphatic heterocycles. The van der Waals surface area contributed by atoms with Gasteiger partial charge in [-0.2, -0.15) is 0 Å². The third-order valence-electron chi connectivity index (χ3n) is 2.71. The molecule has 1 amide bonds. The van der Waals surface area contributed by atoms with Crippen LogP contribution in [-0.2, 0) is 4.74 Å². The minimum Gasteiger partial charge on any atom is -0.389 e. The number of aliphatic hydroxyl groups is 1. The van der Waals surface area contributed by atoms with E-state index in [1.807, 2.05) is 18.2 Å². The van der Waals surface area contributed by atoms with Crippen LogP contribution in [0.3, 0.4) is 0 Å². The van der Waals surface area contributed by atoms with Gasteiger partial charge >= 0.3 is 0 Å². The molecule has 3 N–H and O–H groups in total. The van der Waals surface area contributed by atoms with Crippen molar-refractivity contribution in [3.05, 3.63) is 34.4 Å². The summed E-state index contributed by atoms with van der Waals surface area (Å²) in [5.74, 6) is -0.252. The number of carbonyl (C=O) groups is 1. The van der Waals surface area contributed by atoms with Crippen molar-refractivity contribution in [2.45, 2.75) is 6.10 Å². The first-order valence-electron chi connectivity index (χ1n) is 5.84. The fourth-order valence-corrected chi connectivity index (χ4v) is 2.28. The zero-order valence-electron chi connectivity index (χ0n) is 10.4. The quantitative estimate of drug-likeness (QED) is 0.782. The van der Waals surface area contributed by atoms with Crippen LogP contribution in [0, 0.1) is 0 Å². The number of hydrogen-bond acceptors (Lipinski definition) is 3. The number of ether oxygens (including phenoxy) is 1. The molecule has 1 unspecified atom stereocenters. The molecule has 1 atom stereocenters. The highest BCUT2D eigenvalue weighted by atomic mass is 79.9. The number of methoxy groups -OCH3 is 1. The van der Waals surface area contributed by atoms with Crippen molar-refractivity contribution in [2.24, 2.45) is 0 Å². The van der Waals surface area contributed by atoms with Gasteiger partial charge in [-0.25, -0.2) is 0 Å². The Balaban J connectivity index is 2.07. The number of rotatable bonds is 5. The third kappa shape index (κ3) is 3.34. The van der Waals surface area contributed by atoms with E-state index in [4.69, 9.17) is 4.74 Å². The Kier molecular flexibility index (Phi) is 4.57. The van der Waals surface area contributed by atoms with E-state index >= 15 is 0 Å². The van der Waals surface area contributed by atoms with Crippen molar-refractivity contribution in [1.82, 2.24) is 10.3 Å². The molecule has 0 aliphatic carbocycles. The Labute approximate surface area is 119 Å². The molecule has 0 saturated carbocycles. The van der Waals surface area contributed by atoms with Crippen LogP contribution in [0.15, 0.2) is 28.7 Å². The molecule has 1 heterocycles. The average Bonchev–Trinajstić information content (AvgIpc) is 2.82. The molecule has 6 heteroatoms. The number of carbonyl (C=O) groups excluding carboxylic acids is 1. The zero-order chi connectivity index (χ0) is 13.8. The van der Waals surface area contributed by atoms with Gasteiger partial charge in [-0.3, -0.25) is 4.79 Å². The number of nitrogens with one attached hydrogen (secondary N) is 2. The maximum absolute atomic E-state index is 11.9. The lowest BCUT2D eigenvalue weighted by Gasteiger charge is -2.09. The Morgan fingerprint density at radius 3 is 3.05 bits per heavy atom. The highest BCUT2D eigenvalue weighted by molar-refractivity contribution is 9.10. The molecule has 0 bridgehead atoms. The lowest BCUT2D eigenvalue weighted by Crippen LogP contribution is -2.34. The van der Waals surface area contributed by atoms with Gasteiger partial charge in [0.25, 0.3) is 5.91 Å². The first-order chi connectivity index (χ1) is 9.11. The molecule has 2 rings (SSSR count). The lowest BCUT2D eigenvalue weighted by molar-refractivity contribution is 0.0609. The van der Waals surface area contributed by atoms with Crippen LogP contribution in [-0.4, -0.2) is 42.4 Å². The molecule has 0 saturated heterocycles. The first kappa shape index (κ1) is 14.0. The summed E-state index contributed by atoms with van der Waals surface area (Å²) in [4.78, 5) is 15.0. The van der Waals surface area contributed by atoms with Crippen LogP contribution in [0.2, 0.25) is 0 Å². The molecule has 0 spiro atoms. The molecule has 0 fully saturated rings. The summed E-state index contributed by atoms with van der Waals surface area (Å²) in [7, 11) is 1.50. The molecule has 5 nitrogen and oxygen atoms in total. The average molecular weight is 327 g/mol. The number of benzene rings is 1. The van der Waals surface area contributed by atoms with Crippen LogP contribution in [0.1, 0.15) is 10.5 Å². The Morgan fingerprint density at radius 2 is 2.37 bits per heavy atom. The van der Waals surface area contributed by atoms with Crippen LogP contribution in [0.25, 0.3) is 10.9 Å². The van der Waals surface area contributed by atoms with Gasteiger partial charge in [0.15, 0.2) is 0 Å². The lowest BCUT2D eigenvalue weighted by atomic mass is 10.2. The van der Waals surface area contributed by atoms with E-state index in [2.05, 4.69) is 26.2 Å². The summed E-state index contributed by atoms with van der Waals surface area (Å²) in [6.45, 7) is 0.349. The Morgan fingerprint density at radius 1 is 1.58 bits per heavy atom. The fraction of sp³-hybridized carbons (Fsp3) is 0.308. The summed E-state index contributed by atoms with van der Waals surface area (Å²) in [6.07, 6.45) is -0.704. The van der Waals surface area contributed by atoms with Crippen LogP contribution < -0.4 is 5.32 Å². The number of aliphatic hydroxyl groups excluding tert-OH is 1. The fourth-order valence-electron chi connectivity index (χ4n) is 1.80. The van der Waals surface area contributed by atoms with E-state index < -0.39 is 6.10 Å². The van der Waals surface area contributed by atoms with Crippen molar-refractivity contribution in [3.8, 4) is 0 Å². The normalized spacial score (nSPS) is 12.6. The number of amides is 1. The number of fused-ring (bicyclic) bond motifs is 1. The van der Waals surface area contributed by atoms with E-state index in [-0.39, 0.29) is 19.1 Å². The summed E-state index contributed by atoms with van der Waals surface area (Å²) < 4.78 is 5.72. The minimum absolute atomic E-state index is 0.156. The highest BCUT2D eigenvalue weighted by Gasteiger charge is 2.12. The second-order valence-electron chi connectivity index (χ2n) is 4.20. The summed E-state index contributed by atoms with van der Waals surface area (Å²) in [5.41, 5.74) is 1.35. The van der Waals surface area contributed by atoms with E-state index in [1.165, 1.54) is 7.11 Å². The third-order valence-corrected chi connectivity index (χ3v) is 3.40. The molecular formula is C13H15BrN2O3. The van der Waals surface area contributed by atoms with Gasteiger partial charge in [-0.05, 0) is 18.2 Å². The van der Waals surface area contributed by atoms with Gasteiger partial charge in [0.1, 0.15) is 5.69 Å². The molecule has 0 radical (unpaired) electrons. The van der Waals surface area contributed by atoms with Crippen LogP contribution >= 0.6 is 15.9 Å². The second kappa shape index (κ2) is 6.18. The number of aromatic amines is 1. The van der Waals surface area contributed by atoms with Gasteiger partial charge in [-0.1, -0.05) is 22.0 Å². The molecule has 0 aliphatic rings. The minimum atomic E-state index is -0.704. The number of halogens is 1. The SMILES string of the molecule is COCC(O)CNC(=O)c1cc2c(Br)cccc2[nH]1. The van der Waals surface area contributed by atoms with E-state index in [1.54, 1.807) is 6.07 Å². The summed E-state index contributed by atoms with van der Waals surface area (Å²) in [6, 6.07) is 7.49. The predicted molar refractivity (Wildman–Crippen MR) is 76.2 cm³/mol. The van der Waals surface area contributed by atoms with Gasteiger partial charge in [0.2, 0.25) is 0 Å². The van der Waals surface area contributed by atoms with Crippen LogP contribution in [0.4, 0.5) is 0 Å². The Bertz CT molecular complexity index is 582. The van der Waals surface area contributed by atoms with Crippen molar-refractivity contribution in [3.63, 3.8) is 0 Å². The smallest absolute Gasteiger partial charge is 0.267 e. The largest absolute Gasteiger partial charge is 0.389 e. The first-order valence-corrected chi connectivity index (χ1v) is 6.63. The van der Waals surface area contributed by atoms with Crippen molar-refractivity contribution < 1.29 is 14.6 Å². The Hall–Kier alpha value is -1.37. The second-order valence-corrected chi connectivity index (χ2v) is 5.06. The van der Waals surface area contributed by atoms with Crippen molar-refractivity contribution >= 4 is 32.7 Å². The highest BCUT2D eigenvalue weighted by Crippen LogP contribution is 2.24. The molecule has 1 aromatic heterocycles. The molecule has 1 aromatic carbocycles.